The Balaban J connectivity index is 1.85. The molecule has 1 N–H and O–H groups in total. The van der Waals surface area contributed by atoms with E-state index in [0.717, 1.165) is 37.5 Å². The Hall–Kier alpha value is -1.31. The maximum atomic E-state index is 8.97. The molecule has 0 amide bonds. The first-order valence-corrected chi connectivity index (χ1v) is 6.60. The minimum atomic E-state index is 0.359. The SMILES string of the molecule is Cc1c(CNCC2CCCCO2)cc(C#N)n1C. The molecule has 0 bridgehead atoms. The van der Waals surface area contributed by atoms with Crippen molar-refractivity contribution in [2.45, 2.75) is 38.8 Å². The summed E-state index contributed by atoms with van der Waals surface area (Å²) in [5.74, 6) is 0. The summed E-state index contributed by atoms with van der Waals surface area (Å²) in [6, 6.07) is 4.17. The van der Waals surface area contributed by atoms with Gasteiger partial charge < -0.3 is 14.6 Å². The summed E-state index contributed by atoms with van der Waals surface area (Å²) >= 11 is 0. The summed E-state index contributed by atoms with van der Waals surface area (Å²) in [5, 5.41) is 12.4. The van der Waals surface area contributed by atoms with Gasteiger partial charge in [0.25, 0.3) is 0 Å². The molecule has 0 radical (unpaired) electrons. The number of nitrogens with one attached hydrogen (secondary N) is 1. The summed E-state index contributed by atoms with van der Waals surface area (Å²) in [5.41, 5.74) is 3.08. The Labute approximate surface area is 109 Å². The van der Waals surface area contributed by atoms with Crippen LogP contribution in [0, 0.1) is 18.3 Å². The molecule has 98 valence electrons. The van der Waals surface area contributed by atoms with Crippen LogP contribution in [0.15, 0.2) is 6.07 Å². The summed E-state index contributed by atoms with van der Waals surface area (Å²) in [6.07, 6.45) is 3.98. The van der Waals surface area contributed by atoms with E-state index in [0.29, 0.717) is 6.10 Å². The van der Waals surface area contributed by atoms with Gasteiger partial charge in [-0.3, -0.25) is 0 Å². The lowest BCUT2D eigenvalue weighted by Gasteiger charge is -2.22. The summed E-state index contributed by atoms with van der Waals surface area (Å²) in [4.78, 5) is 0. The molecule has 0 aliphatic carbocycles. The molecule has 1 aromatic heterocycles. The molecule has 1 aliphatic rings. The van der Waals surface area contributed by atoms with Gasteiger partial charge in [0.1, 0.15) is 11.8 Å². The van der Waals surface area contributed by atoms with Crippen LogP contribution in [0.25, 0.3) is 0 Å². The van der Waals surface area contributed by atoms with E-state index in [1.54, 1.807) is 0 Å². The maximum Gasteiger partial charge on any atom is 0.120 e. The van der Waals surface area contributed by atoms with Crippen molar-refractivity contribution in [2.24, 2.45) is 7.05 Å². The fraction of sp³-hybridized carbons (Fsp3) is 0.643. The van der Waals surface area contributed by atoms with E-state index in [9.17, 15) is 0 Å². The highest BCUT2D eigenvalue weighted by Gasteiger charge is 2.14. The van der Waals surface area contributed by atoms with Crippen molar-refractivity contribution >= 4 is 0 Å². The van der Waals surface area contributed by atoms with E-state index < -0.39 is 0 Å². The second-order valence-corrected chi connectivity index (χ2v) is 4.93. The molecule has 1 unspecified atom stereocenters. The Kier molecular flexibility index (Phi) is 4.40. The first-order valence-electron chi connectivity index (χ1n) is 6.60. The molecule has 0 spiro atoms. The molecule has 4 heteroatoms. The average molecular weight is 247 g/mol. The van der Waals surface area contributed by atoms with Gasteiger partial charge in [-0.1, -0.05) is 0 Å². The second kappa shape index (κ2) is 6.03. The van der Waals surface area contributed by atoms with Gasteiger partial charge in [0, 0.05) is 32.4 Å². The Morgan fingerprint density at radius 1 is 1.56 bits per heavy atom. The van der Waals surface area contributed by atoms with Gasteiger partial charge in [0.2, 0.25) is 0 Å². The lowest BCUT2D eigenvalue weighted by Crippen LogP contribution is -2.31. The molecule has 0 saturated carbocycles. The van der Waals surface area contributed by atoms with E-state index in [4.69, 9.17) is 10.00 Å². The van der Waals surface area contributed by atoms with Crippen molar-refractivity contribution < 1.29 is 4.74 Å². The Bertz CT molecular complexity index is 439. The van der Waals surface area contributed by atoms with Gasteiger partial charge in [0.15, 0.2) is 0 Å². The first-order chi connectivity index (χ1) is 8.72. The highest BCUT2D eigenvalue weighted by atomic mass is 16.5. The molecule has 1 aliphatic heterocycles. The Morgan fingerprint density at radius 3 is 3.00 bits per heavy atom. The fourth-order valence-corrected chi connectivity index (χ4v) is 2.38. The van der Waals surface area contributed by atoms with Crippen LogP contribution in [-0.2, 0) is 18.3 Å². The van der Waals surface area contributed by atoms with Crippen molar-refractivity contribution in [2.75, 3.05) is 13.2 Å². The van der Waals surface area contributed by atoms with Gasteiger partial charge in [-0.15, -0.1) is 0 Å². The molecule has 4 nitrogen and oxygen atoms in total. The predicted molar refractivity (Wildman–Crippen MR) is 70.2 cm³/mol. The number of ether oxygens (including phenoxy) is 1. The van der Waals surface area contributed by atoms with E-state index in [1.807, 2.05) is 17.7 Å². The lowest BCUT2D eigenvalue weighted by atomic mass is 10.1. The molecule has 2 heterocycles. The van der Waals surface area contributed by atoms with E-state index >= 15 is 0 Å². The number of hydrogen-bond acceptors (Lipinski definition) is 3. The fourth-order valence-electron chi connectivity index (χ4n) is 2.38. The van der Waals surface area contributed by atoms with E-state index in [-0.39, 0.29) is 0 Å². The van der Waals surface area contributed by atoms with Crippen LogP contribution in [-0.4, -0.2) is 23.8 Å². The number of rotatable bonds is 4. The van der Waals surface area contributed by atoms with Gasteiger partial charge in [-0.05, 0) is 37.8 Å². The van der Waals surface area contributed by atoms with Crippen LogP contribution in [0.2, 0.25) is 0 Å². The third-order valence-corrected chi connectivity index (χ3v) is 3.72. The normalized spacial score (nSPS) is 19.7. The van der Waals surface area contributed by atoms with Crippen molar-refractivity contribution in [3.05, 3.63) is 23.0 Å². The van der Waals surface area contributed by atoms with Crippen molar-refractivity contribution in [1.82, 2.24) is 9.88 Å². The summed E-state index contributed by atoms with van der Waals surface area (Å²) in [7, 11) is 1.93. The monoisotopic (exact) mass is 247 g/mol. The van der Waals surface area contributed by atoms with Crippen molar-refractivity contribution in [3.8, 4) is 6.07 Å². The largest absolute Gasteiger partial charge is 0.377 e. The third kappa shape index (κ3) is 2.92. The molecular formula is C14H21N3O. The van der Waals surface area contributed by atoms with Crippen LogP contribution in [0.3, 0.4) is 0 Å². The molecule has 1 aromatic rings. The zero-order valence-corrected chi connectivity index (χ0v) is 11.2. The number of nitrogens with zero attached hydrogens (tertiary/aromatic N) is 2. The molecule has 2 rings (SSSR count). The predicted octanol–water partition coefficient (Wildman–Crippen LogP) is 1.86. The second-order valence-electron chi connectivity index (χ2n) is 4.93. The van der Waals surface area contributed by atoms with Crippen molar-refractivity contribution in [3.63, 3.8) is 0 Å². The molecule has 1 atom stereocenters. The standard InChI is InChI=1S/C14H21N3O/c1-11-12(7-13(8-15)17(11)2)9-16-10-14-5-3-4-6-18-14/h7,14,16H,3-6,9-10H2,1-2H3. The minimum absolute atomic E-state index is 0.359. The van der Waals surface area contributed by atoms with Crippen LogP contribution < -0.4 is 5.32 Å². The summed E-state index contributed by atoms with van der Waals surface area (Å²) in [6.45, 7) is 4.65. The molecular weight excluding hydrogens is 226 g/mol. The molecule has 18 heavy (non-hydrogen) atoms. The first kappa shape index (κ1) is 13.1. The topological polar surface area (TPSA) is 50.0 Å². The van der Waals surface area contributed by atoms with Gasteiger partial charge in [0.05, 0.1) is 6.10 Å². The van der Waals surface area contributed by atoms with Gasteiger partial charge in [-0.25, -0.2) is 0 Å². The number of nitriles is 1. The van der Waals surface area contributed by atoms with Gasteiger partial charge in [-0.2, -0.15) is 5.26 Å². The van der Waals surface area contributed by atoms with E-state index in [2.05, 4.69) is 18.3 Å². The lowest BCUT2D eigenvalue weighted by molar-refractivity contribution is 0.0168. The number of aromatic nitrogens is 1. The van der Waals surface area contributed by atoms with Crippen LogP contribution >= 0.6 is 0 Å². The molecule has 0 aromatic carbocycles. The smallest absolute Gasteiger partial charge is 0.120 e. The maximum absolute atomic E-state index is 8.97. The van der Waals surface area contributed by atoms with Crippen molar-refractivity contribution in [1.29, 1.82) is 5.26 Å². The zero-order chi connectivity index (χ0) is 13.0. The number of hydrogen-bond donors (Lipinski definition) is 1. The van der Waals surface area contributed by atoms with Crippen LogP contribution in [0.1, 0.15) is 36.2 Å². The average Bonchev–Trinajstić information content (AvgIpc) is 2.68. The van der Waals surface area contributed by atoms with E-state index in [1.165, 1.54) is 18.4 Å². The third-order valence-electron chi connectivity index (χ3n) is 3.72. The Morgan fingerprint density at radius 2 is 2.39 bits per heavy atom. The highest BCUT2D eigenvalue weighted by molar-refractivity contribution is 5.33. The molecule has 1 saturated heterocycles. The van der Waals surface area contributed by atoms with Crippen LogP contribution in [0.5, 0.6) is 0 Å². The molecule has 1 fully saturated rings. The van der Waals surface area contributed by atoms with Gasteiger partial charge >= 0.3 is 0 Å². The zero-order valence-electron chi connectivity index (χ0n) is 11.2. The quantitative estimate of drug-likeness (QED) is 0.883. The highest BCUT2D eigenvalue weighted by Crippen LogP contribution is 2.14. The summed E-state index contributed by atoms with van der Waals surface area (Å²) < 4.78 is 7.61. The minimum Gasteiger partial charge on any atom is -0.377 e. The van der Waals surface area contributed by atoms with Crippen LogP contribution in [0.4, 0.5) is 0 Å².